The molecule has 3 rings (SSSR count). The molecular formula is C17H22BrN3O2. The minimum absolute atomic E-state index is 0.0330. The highest BCUT2D eigenvalue weighted by molar-refractivity contribution is 9.10. The van der Waals surface area contributed by atoms with Crippen LogP contribution in [0.25, 0.3) is 5.65 Å². The van der Waals surface area contributed by atoms with Crippen molar-refractivity contribution in [2.24, 2.45) is 0 Å². The Hall–Kier alpha value is -1.40. The number of carbonyl (C=O) groups excluding carboxylic acids is 1. The normalized spacial score (nSPS) is 18.6. The van der Waals surface area contributed by atoms with Crippen LogP contribution in [0.5, 0.6) is 0 Å². The number of aliphatic hydroxyl groups excluding tert-OH is 1. The number of nitrogens with zero attached hydrogens (tertiary/aromatic N) is 3. The van der Waals surface area contributed by atoms with Gasteiger partial charge >= 0.3 is 0 Å². The average molecular weight is 380 g/mol. The van der Waals surface area contributed by atoms with E-state index in [1.54, 1.807) is 0 Å². The molecule has 0 spiro atoms. The number of imidazole rings is 1. The van der Waals surface area contributed by atoms with Crippen molar-refractivity contribution in [1.82, 2.24) is 14.3 Å². The van der Waals surface area contributed by atoms with Crippen LogP contribution in [0.4, 0.5) is 0 Å². The fourth-order valence-corrected chi connectivity index (χ4v) is 3.73. The molecule has 1 aliphatic rings. The summed E-state index contributed by atoms with van der Waals surface area (Å²) in [4.78, 5) is 19.8. The maximum Gasteiger partial charge on any atom is 0.273 e. The van der Waals surface area contributed by atoms with Crippen LogP contribution in [-0.2, 0) is 6.42 Å². The number of aliphatic hydroxyl groups is 1. The van der Waals surface area contributed by atoms with Gasteiger partial charge < -0.3 is 10.0 Å². The number of fused-ring (bicyclic) bond motifs is 1. The fraction of sp³-hybridized carbons (Fsp3) is 0.529. The van der Waals surface area contributed by atoms with E-state index < -0.39 is 0 Å². The van der Waals surface area contributed by atoms with Crippen LogP contribution in [-0.4, -0.2) is 44.5 Å². The molecule has 0 radical (unpaired) electrons. The Morgan fingerprint density at radius 1 is 1.43 bits per heavy atom. The molecule has 2 aromatic rings. The summed E-state index contributed by atoms with van der Waals surface area (Å²) >= 11 is 3.47. The second-order valence-corrected chi connectivity index (χ2v) is 6.91. The third-order valence-corrected chi connectivity index (χ3v) is 5.01. The van der Waals surface area contributed by atoms with Crippen molar-refractivity contribution in [3.63, 3.8) is 0 Å². The monoisotopic (exact) mass is 379 g/mol. The van der Waals surface area contributed by atoms with Crippen LogP contribution in [0.15, 0.2) is 22.8 Å². The number of hydrogen-bond donors (Lipinski definition) is 1. The average Bonchev–Trinajstić information content (AvgIpc) is 2.92. The summed E-state index contributed by atoms with van der Waals surface area (Å²) < 4.78 is 2.81. The molecule has 6 heteroatoms. The van der Waals surface area contributed by atoms with E-state index in [0.717, 1.165) is 48.0 Å². The quantitative estimate of drug-likeness (QED) is 0.887. The molecule has 1 saturated heterocycles. The lowest BCUT2D eigenvalue weighted by Crippen LogP contribution is -2.44. The molecule has 0 bridgehead atoms. The Morgan fingerprint density at radius 2 is 2.26 bits per heavy atom. The smallest absolute Gasteiger partial charge is 0.273 e. The van der Waals surface area contributed by atoms with Crippen molar-refractivity contribution in [2.75, 3.05) is 13.2 Å². The van der Waals surface area contributed by atoms with Crippen LogP contribution >= 0.6 is 15.9 Å². The molecule has 1 fully saturated rings. The number of amides is 1. The van der Waals surface area contributed by atoms with Crippen molar-refractivity contribution < 1.29 is 9.90 Å². The Kier molecular flexibility index (Phi) is 5.02. The number of halogens is 1. The summed E-state index contributed by atoms with van der Waals surface area (Å²) in [6.07, 6.45) is 6.38. The van der Waals surface area contributed by atoms with Gasteiger partial charge in [0.1, 0.15) is 11.3 Å². The third kappa shape index (κ3) is 3.15. The maximum atomic E-state index is 13.2. The van der Waals surface area contributed by atoms with Crippen molar-refractivity contribution >= 4 is 27.5 Å². The largest absolute Gasteiger partial charge is 0.396 e. The van der Waals surface area contributed by atoms with Crippen LogP contribution in [0.1, 0.15) is 48.8 Å². The number of carbonyl (C=O) groups is 1. The zero-order valence-corrected chi connectivity index (χ0v) is 14.9. The van der Waals surface area contributed by atoms with E-state index in [1.165, 1.54) is 0 Å². The minimum atomic E-state index is 0.0330. The van der Waals surface area contributed by atoms with Crippen molar-refractivity contribution in [2.45, 2.75) is 45.1 Å². The number of pyridine rings is 1. The van der Waals surface area contributed by atoms with E-state index in [-0.39, 0.29) is 18.6 Å². The highest BCUT2D eigenvalue weighted by Crippen LogP contribution is 2.25. The van der Waals surface area contributed by atoms with E-state index in [2.05, 4.69) is 20.9 Å². The molecule has 5 nitrogen and oxygen atoms in total. The highest BCUT2D eigenvalue weighted by Gasteiger charge is 2.30. The molecule has 1 N–H and O–H groups in total. The van der Waals surface area contributed by atoms with Crippen molar-refractivity contribution in [3.8, 4) is 0 Å². The Balaban J connectivity index is 2.03. The van der Waals surface area contributed by atoms with Gasteiger partial charge in [0.15, 0.2) is 0 Å². The molecule has 1 atom stereocenters. The van der Waals surface area contributed by atoms with Gasteiger partial charge in [0.2, 0.25) is 0 Å². The maximum absolute atomic E-state index is 13.2. The van der Waals surface area contributed by atoms with Gasteiger partial charge in [-0.3, -0.25) is 9.20 Å². The van der Waals surface area contributed by atoms with Gasteiger partial charge in [-0.1, -0.05) is 6.92 Å². The van der Waals surface area contributed by atoms with E-state index in [1.807, 2.05) is 34.6 Å². The van der Waals surface area contributed by atoms with Gasteiger partial charge in [-0.25, -0.2) is 4.98 Å². The lowest BCUT2D eigenvalue weighted by atomic mass is 9.99. The fourth-order valence-electron chi connectivity index (χ4n) is 3.39. The summed E-state index contributed by atoms with van der Waals surface area (Å²) in [6, 6.07) is 3.98. The molecule has 0 aliphatic carbocycles. The lowest BCUT2D eigenvalue weighted by molar-refractivity contribution is 0.0566. The Bertz CT molecular complexity index is 711. The second-order valence-electron chi connectivity index (χ2n) is 6.00. The molecule has 23 heavy (non-hydrogen) atoms. The van der Waals surface area contributed by atoms with E-state index in [9.17, 15) is 9.90 Å². The summed E-state index contributed by atoms with van der Waals surface area (Å²) in [7, 11) is 0. The first-order chi connectivity index (χ1) is 11.2. The van der Waals surface area contributed by atoms with E-state index >= 15 is 0 Å². The third-order valence-electron chi connectivity index (χ3n) is 4.54. The number of likely N-dealkylation sites (tertiary alicyclic amines) is 1. The molecule has 0 saturated carbocycles. The van der Waals surface area contributed by atoms with Crippen LogP contribution < -0.4 is 0 Å². The number of piperidine rings is 1. The second kappa shape index (κ2) is 7.01. The lowest BCUT2D eigenvalue weighted by Gasteiger charge is -2.35. The van der Waals surface area contributed by atoms with Crippen molar-refractivity contribution in [1.29, 1.82) is 0 Å². The topological polar surface area (TPSA) is 57.8 Å². The van der Waals surface area contributed by atoms with E-state index in [0.29, 0.717) is 12.1 Å². The summed E-state index contributed by atoms with van der Waals surface area (Å²) in [5, 5.41) is 9.30. The standard InChI is InChI=1S/C17H22BrN3O2/c1-2-14-16(21-11-12(18)6-7-15(21)19-14)17(23)20-9-4-3-5-13(20)8-10-22/h6-7,11,13,22H,2-5,8-10H2,1H3. The van der Waals surface area contributed by atoms with Crippen molar-refractivity contribution in [3.05, 3.63) is 34.2 Å². The van der Waals surface area contributed by atoms with Gasteiger partial charge in [0, 0.05) is 29.9 Å². The van der Waals surface area contributed by atoms with Gasteiger partial charge in [-0.15, -0.1) is 0 Å². The number of aromatic nitrogens is 2. The highest BCUT2D eigenvalue weighted by atomic mass is 79.9. The first-order valence-corrected chi connectivity index (χ1v) is 9.03. The summed E-state index contributed by atoms with van der Waals surface area (Å²) in [5.74, 6) is 0.0330. The molecule has 124 valence electrons. The molecule has 0 aromatic carbocycles. The molecule has 2 aromatic heterocycles. The number of aryl methyl sites for hydroxylation is 1. The van der Waals surface area contributed by atoms with Crippen LogP contribution in [0.2, 0.25) is 0 Å². The number of hydrogen-bond acceptors (Lipinski definition) is 3. The zero-order chi connectivity index (χ0) is 16.4. The molecule has 1 amide bonds. The predicted molar refractivity (Wildman–Crippen MR) is 92.6 cm³/mol. The predicted octanol–water partition coefficient (Wildman–Crippen LogP) is 3.04. The van der Waals surface area contributed by atoms with Gasteiger partial charge in [-0.2, -0.15) is 0 Å². The number of rotatable bonds is 4. The molecule has 1 aliphatic heterocycles. The Morgan fingerprint density at radius 3 is 3.00 bits per heavy atom. The van der Waals surface area contributed by atoms with Gasteiger partial charge in [0.05, 0.1) is 5.69 Å². The molecule has 3 heterocycles. The Labute approximate surface area is 144 Å². The van der Waals surface area contributed by atoms with Gasteiger partial charge in [0.25, 0.3) is 5.91 Å². The molecule has 1 unspecified atom stereocenters. The zero-order valence-electron chi connectivity index (χ0n) is 13.3. The summed E-state index contributed by atoms with van der Waals surface area (Å²) in [6.45, 7) is 2.90. The van der Waals surface area contributed by atoms with Crippen LogP contribution in [0.3, 0.4) is 0 Å². The first kappa shape index (κ1) is 16.5. The summed E-state index contributed by atoms with van der Waals surface area (Å²) in [5.41, 5.74) is 2.29. The van der Waals surface area contributed by atoms with Gasteiger partial charge in [-0.05, 0) is 60.2 Å². The van der Waals surface area contributed by atoms with E-state index in [4.69, 9.17) is 0 Å². The minimum Gasteiger partial charge on any atom is -0.396 e. The molecular weight excluding hydrogens is 358 g/mol. The van der Waals surface area contributed by atoms with Crippen LogP contribution in [0, 0.1) is 0 Å². The SMILES string of the molecule is CCc1nc2ccc(Br)cn2c1C(=O)N1CCCCC1CCO. The first-order valence-electron chi connectivity index (χ1n) is 8.24.